The predicted molar refractivity (Wildman–Crippen MR) is 151 cm³/mol. The zero-order chi connectivity index (χ0) is 24.8. The van der Waals surface area contributed by atoms with E-state index in [1.807, 2.05) is 0 Å². The zero-order valence-electron chi connectivity index (χ0n) is 21.5. The maximum Gasteiger partial charge on any atom is 0.192 e. The maximum absolute atomic E-state index is 11.8. The molecule has 2 nitrogen and oxygen atoms in total. The van der Waals surface area contributed by atoms with E-state index in [-0.39, 0.29) is 11.8 Å². The highest BCUT2D eigenvalue weighted by Gasteiger charge is 2.54. The summed E-state index contributed by atoms with van der Waals surface area (Å²) in [5, 5.41) is 15.6. The number of hydrogen-bond donors (Lipinski definition) is 1. The fraction of sp³-hybridized carbons (Fsp3) is 0.375. The molecule has 1 aliphatic carbocycles. The van der Waals surface area contributed by atoms with E-state index in [2.05, 4.69) is 125 Å². The molecule has 1 saturated carbocycles. The van der Waals surface area contributed by atoms with Crippen LogP contribution in [-0.2, 0) is 4.74 Å². The number of allylic oxidation sites excluding steroid dienone is 1. The first kappa shape index (κ1) is 25.8. The number of aliphatic hydroxyl groups excluding tert-OH is 1. The summed E-state index contributed by atoms with van der Waals surface area (Å²) in [6, 6.07) is 32.3. The van der Waals surface area contributed by atoms with Gasteiger partial charge in [0.2, 0.25) is 0 Å². The van der Waals surface area contributed by atoms with E-state index in [0.717, 1.165) is 12.8 Å². The van der Waals surface area contributed by atoms with Crippen LogP contribution in [0.15, 0.2) is 103 Å². The van der Waals surface area contributed by atoms with E-state index >= 15 is 0 Å². The molecule has 1 N–H and O–H groups in total. The Labute approximate surface area is 212 Å². The Kier molecular flexibility index (Phi) is 8.60. The first-order valence-electron chi connectivity index (χ1n) is 13.0. The minimum atomic E-state index is -2.22. The van der Waals surface area contributed by atoms with Crippen molar-refractivity contribution in [2.24, 2.45) is 11.8 Å². The van der Waals surface area contributed by atoms with Crippen molar-refractivity contribution in [2.45, 2.75) is 65.0 Å². The lowest BCUT2D eigenvalue weighted by molar-refractivity contribution is -0.156. The van der Waals surface area contributed by atoms with Gasteiger partial charge in [0.15, 0.2) is 6.29 Å². The molecule has 4 rings (SSSR count). The summed E-state index contributed by atoms with van der Waals surface area (Å²) in [5.74, 6) is 0.970. The van der Waals surface area contributed by atoms with Gasteiger partial charge in [0.05, 0.1) is 6.10 Å². The van der Waals surface area contributed by atoms with Crippen molar-refractivity contribution >= 4 is 23.2 Å². The van der Waals surface area contributed by atoms with Crippen molar-refractivity contribution in [2.75, 3.05) is 0 Å². The third-order valence-corrected chi connectivity index (χ3v) is 12.3. The standard InChI is InChI=1S/C32H40O2P/c1-24(2)22-27-21-20-25(3)23-31(27)34-32(33)26(4)35(28-14-8-5-9-15-28,29-16-10-6-11-17-29)30-18-12-7-13-19-30/h5-19,22,25-27,31-33H,20-21,23H2,1-4H3/q+1/t25-,26?,27?,31-,32?/m1/s1. The third kappa shape index (κ3) is 5.61. The summed E-state index contributed by atoms with van der Waals surface area (Å²) in [6.07, 6.45) is 4.85. The van der Waals surface area contributed by atoms with Crippen LogP contribution in [0.1, 0.15) is 47.0 Å². The SMILES string of the molecule is CC(C)=CC1CC[C@@H](C)C[C@H]1OC(O)C(C)[P+](c1ccccc1)(c1ccccc1)c1ccccc1. The summed E-state index contributed by atoms with van der Waals surface area (Å²) in [5.41, 5.74) is 1.21. The van der Waals surface area contributed by atoms with Crippen LogP contribution in [0.4, 0.5) is 0 Å². The summed E-state index contributed by atoms with van der Waals surface area (Å²) in [6.45, 7) is 8.81. The molecule has 3 aromatic rings. The van der Waals surface area contributed by atoms with Gasteiger partial charge in [0, 0.05) is 5.92 Å². The normalized spacial score (nSPS) is 22.3. The van der Waals surface area contributed by atoms with Gasteiger partial charge in [-0.1, -0.05) is 73.2 Å². The quantitative estimate of drug-likeness (QED) is 0.224. The largest absolute Gasteiger partial charge is 0.365 e. The van der Waals surface area contributed by atoms with Crippen molar-refractivity contribution in [1.82, 2.24) is 0 Å². The minimum Gasteiger partial charge on any atom is -0.365 e. The summed E-state index contributed by atoms with van der Waals surface area (Å²) in [7, 11) is -2.22. The van der Waals surface area contributed by atoms with E-state index in [4.69, 9.17) is 4.74 Å². The van der Waals surface area contributed by atoms with Gasteiger partial charge < -0.3 is 9.84 Å². The molecule has 0 heterocycles. The number of benzene rings is 3. The molecule has 3 heteroatoms. The number of rotatable bonds is 8. The van der Waals surface area contributed by atoms with Crippen molar-refractivity contribution < 1.29 is 9.84 Å². The highest BCUT2D eigenvalue weighted by molar-refractivity contribution is 7.96. The molecule has 0 radical (unpaired) electrons. The molecule has 0 saturated heterocycles. The highest BCUT2D eigenvalue weighted by atomic mass is 31.2. The van der Waals surface area contributed by atoms with E-state index < -0.39 is 13.6 Å². The van der Waals surface area contributed by atoms with Gasteiger partial charge >= 0.3 is 0 Å². The first-order valence-corrected chi connectivity index (χ1v) is 14.8. The Morgan fingerprint density at radius 1 is 0.829 bits per heavy atom. The highest BCUT2D eigenvalue weighted by Crippen LogP contribution is 2.60. The van der Waals surface area contributed by atoms with Crippen LogP contribution in [0.25, 0.3) is 0 Å². The van der Waals surface area contributed by atoms with Crippen molar-refractivity contribution in [3.63, 3.8) is 0 Å². The van der Waals surface area contributed by atoms with Gasteiger partial charge in [-0.3, -0.25) is 0 Å². The van der Waals surface area contributed by atoms with E-state index in [9.17, 15) is 5.11 Å². The number of ether oxygens (including phenoxy) is 1. The molecule has 0 spiro atoms. The summed E-state index contributed by atoms with van der Waals surface area (Å²) >= 11 is 0. The molecule has 5 atom stereocenters. The molecule has 0 aromatic heterocycles. The summed E-state index contributed by atoms with van der Waals surface area (Å²) < 4.78 is 6.65. The molecule has 0 aliphatic heterocycles. The molecule has 35 heavy (non-hydrogen) atoms. The predicted octanol–water partition coefficient (Wildman–Crippen LogP) is 6.48. The van der Waals surface area contributed by atoms with Crippen molar-refractivity contribution in [3.8, 4) is 0 Å². The molecule has 1 fully saturated rings. The summed E-state index contributed by atoms with van der Waals surface area (Å²) in [4.78, 5) is 0. The monoisotopic (exact) mass is 487 g/mol. The zero-order valence-corrected chi connectivity index (χ0v) is 22.4. The van der Waals surface area contributed by atoms with Crippen LogP contribution in [0.5, 0.6) is 0 Å². The molecule has 184 valence electrons. The first-order chi connectivity index (χ1) is 16.9. The van der Waals surface area contributed by atoms with Crippen LogP contribution >= 0.6 is 7.26 Å². The fourth-order valence-electron chi connectivity index (χ4n) is 5.75. The molecule has 0 amide bonds. The Morgan fingerprint density at radius 2 is 1.29 bits per heavy atom. The lowest BCUT2D eigenvalue weighted by Gasteiger charge is -2.39. The average Bonchev–Trinajstić information content (AvgIpc) is 2.88. The topological polar surface area (TPSA) is 29.5 Å². The Bertz CT molecular complexity index is 980. The van der Waals surface area contributed by atoms with Gasteiger partial charge in [-0.2, -0.15) is 0 Å². The Morgan fingerprint density at radius 3 is 1.71 bits per heavy atom. The molecule has 3 aromatic carbocycles. The smallest absolute Gasteiger partial charge is 0.192 e. The van der Waals surface area contributed by atoms with Gasteiger partial charge in [-0.15, -0.1) is 0 Å². The minimum absolute atomic E-state index is 0.0373. The van der Waals surface area contributed by atoms with Crippen molar-refractivity contribution in [3.05, 3.63) is 103 Å². The maximum atomic E-state index is 11.8. The van der Waals surface area contributed by atoms with Gasteiger partial charge in [-0.25, -0.2) is 0 Å². The van der Waals surface area contributed by atoms with Gasteiger partial charge in [0.25, 0.3) is 0 Å². The second-order valence-electron chi connectivity index (χ2n) is 10.4. The van der Waals surface area contributed by atoms with E-state index in [1.165, 1.54) is 27.9 Å². The number of hydrogen-bond acceptors (Lipinski definition) is 2. The molecule has 3 unspecified atom stereocenters. The molecular weight excluding hydrogens is 447 g/mol. The van der Waals surface area contributed by atoms with Crippen LogP contribution in [0.3, 0.4) is 0 Å². The van der Waals surface area contributed by atoms with Crippen molar-refractivity contribution in [1.29, 1.82) is 0 Å². The second-order valence-corrected chi connectivity index (χ2v) is 14.2. The lowest BCUT2D eigenvalue weighted by Crippen LogP contribution is -2.45. The lowest BCUT2D eigenvalue weighted by atomic mass is 9.80. The van der Waals surface area contributed by atoms with E-state index in [0.29, 0.717) is 11.8 Å². The fourth-order valence-corrected chi connectivity index (χ4v) is 10.4. The second kappa shape index (κ2) is 11.7. The van der Waals surface area contributed by atoms with Gasteiger partial charge in [-0.05, 0) is 82.3 Å². The molecular formula is C32H40O2P+. The molecule has 1 aliphatic rings. The van der Waals surface area contributed by atoms with Crippen LogP contribution in [-0.4, -0.2) is 23.2 Å². The van der Waals surface area contributed by atoms with E-state index in [1.54, 1.807) is 0 Å². The molecule has 0 bridgehead atoms. The van der Waals surface area contributed by atoms with Crippen LogP contribution in [0, 0.1) is 11.8 Å². The third-order valence-electron chi connectivity index (χ3n) is 7.48. The van der Waals surface area contributed by atoms with Crippen LogP contribution < -0.4 is 15.9 Å². The van der Waals surface area contributed by atoms with Gasteiger partial charge in [0.1, 0.15) is 28.8 Å². The average molecular weight is 488 g/mol. The Balaban J connectivity index is 1.79. The van der Waals surface area contributed by atoms with Crippen LogP contribution in [0.2, 0.25) is 0 Å². The number of aliphatic hydroxyl groups is 1. The Hall–Kier alpha value is -2.25.